The smallest absolute Gasteiger partial charge is 0.223 e. The van der Waals surface area contributed by atoms with Crippen LogP contribution in [0.5, 0.6) is 0 Å². The second kappa shape index (κ2) is 7.55. The Hall–Kier alpha value is -1.57. The summed E-state index contributed by atoms with van der Waals surface area (Å²) in [4.78, 5) is 18.9. The lowest BCUT2D eigenvalue weighted by Crippen LogP contribution is -2.37. The van der Waals surface area contributed by atoms with Gasteiger partial charge in [-0.15, -0.1) is 0 Å². The van der Waals surface area contributed by atoms with Crippen molar-refractivity contribution in [3.05, 3.63) is 23.8 Å². The summed E-state index contributed by atoms with van der Waals surface area (Å²) in [6.07, 6.45) is 1.76. The Kier molecular flexibility index (Phi) is 5.43. The highest BCUT2D eigenvalue weighted by molar-refractivity contribution is 7.00. The number of amides is 1. The number of benzene rings is 1. The molecule has 0 N–H and O–H groups in total. The number of hydrogen-bond acceptors (Lipinski definition) is 6. The topological polar surface area (TPSA) is 52.6 Å². The summed E-state index contributed by atoms with van der Waals surface area (Å²) in [6.45, 7) is 3.68. The molecule has 0 radical (unpaired) electrons. The van der Waals surface area contributed by atoms with Crippen molar-refractivity contribution in [3.63, 3.8) is 0 Å². The van der Waals surface area contributed by atoms with Crippen molar-refractivity contribution in [2.45, 2.75) is 25.4 Å². The Bertz CT molecular complexity index is 703. The average Bonchev–Trinajstić information content (AvgIpc) is 3.20. The highest BCUT2D eigenvalue weighted by Crippen LogP contribution is 2.16. The Morgan fingerprint density at radius 1 is 1.33 bits per heavy atom. The van der Waals surface area contributed by atoms with Gasteiger partial charge < -0.3 is 14.7 Å². The number of aromatic nitrogens is 2. The first-order chi connectivity index (χ1) is 11.5. The number of hydrogen-bond donors (Lipinski definition) is 0. The van der Waals surface area contributed by atoms with Gasteiger partial charge in [0.05, 0.1) is 11.7 Å². The van der Waals surface area contributed by atoms with E-state index in [1.807, 2.05) is 25.2 Å². The van der Waals surface area contributed by atoms with Gasteiger partial charge in [0.15, 0.2) is 0 Å². The molecule has 0 saturated carbocycles. The van der Waals surface area contributed by atoms with Crippen molar-refractivity contribution >= 4 is 28.7 Å². The van der Waals surface area contributed by atoms with Gasteiger partial charge in [-0.1, -0.05) is 6.07 Å². The van der Waals surface area contributed by atoms with Gasteiger partial charge in [0.1, 0.15) is 11.0 Å². The number of fused-ring (bicyclic) bond motifs is 1. The number of nitrogens with zero attached hydrogens (tertiary/aromatic N) is 5. The minimum atomic E-state index is 0.185. The molecule has 24 heavy (non-hydrogen) atoms. The van der Waals surface area contributed by atoms with Crippen molar-refractivity contribution in [3.8, 4) is 0 Å². The maximum Gasteiger partial charge on any atom is 0.223 e. The Morgan fingerprint density at radius 2 is 2.12 bits per heavy atom. The molecule has 3 rings (SSSR count). The molecular weight excluding hydrogens is 322 g/mol. The maximum absolute atomic E-state index is 12.4. The Morgan fingerprint density at radius 3 is 2.88 bits per heavy atom. The fraction of sp³-hybridized carbons (Fsp3) is 0.588. The van der Waals surface area contributed by atoms with Gasteiger partial charge >= 0.3 is 0 Å². The first-order valence-corrected chi connectivity index (χ1v) is 9.10. The first kappa shape index (κ1) is 17.3. The molecule has 2 heterocycles. The van der Waals surface area contributed by atoms with Crippen LogP contribution in [0, 0.1) is 0 Å². The lowest BCUT2D eigenvalue weighted by Gasteiger charge is -2.25. The molecule has 0 bridgehead atoms. The lowest BCUT2D eigenvalue weighted by molar-refractivity contribution is -0.130. The lowest BCUT2D eigenvalue weighted by atomic mass is 10.2. The fourth-order valence-electron chi connectivity index (χ4n) is 3.21. The van der Waals surface area contributed by atoms with Gasteiger partial charge in [-0.25, -0.2) is 0 Å². The molecule has 1 amide bonds. The summed E-state index contributed by atoms with van der Waals surface area (Å²) < 4.78 is 8.46. The minimum Gasteiger partial charge on any atom is -0.341 e. The third-order valence-corrected chi connectivity index (χ3v) is 5.39. The van der Waals surface area contributed by atoms with E-state index in [-0.39, 0.29) is 5.91 Å². The van der Waals surface area contributed by atoms with E-state index in [9.17, 15) is 4.79 Å². The van der Waals surface area contributed by atoms with E-state index in [1.165, 1.54) is 18.1 Å². The summed E-state index contributed by atoms with van der Waals surface area (Å²) >= 11 is 1.22. The van der Waals surface area contributed by atoms with Crippen molar-refractivity contribution < 1.29 is 4.79 Å². The molecule has 0 aliphatic carbocycles. The van der Waals surface area contributed by atoms with Crippen LogP contribution in [-0.4, -0.2) is 76.2 Å². The summed E-state index contributed by atoms with van der Waals surface area (Å²) in [5, 5.41) is 0. The Labute approximate surface area is 147 Å². The zero-order valence-corrected chi connectivity index (χ0v) is 15.4. The molecule has 0 spiro atoms. The van der Waals surface area contributed by atoms with E-state index in [1.54, 1.807) is 4.90 Å². The van der Waals surface area contributed by atoms with Gasteiger partial charge in [-0.3, -0.25) is 4.79 Å². The van der Waals surface area contributed by atoms with E-state index in [0.717, 1.165) is 36.2 Å². The predicted molar refractivity (Wildman–Crippen MR) is 97.0 cm³/mol. The molecule has 1 aromatic heterocycles. The minimum absolute atomic E-state index is 0.185. The molecule has 130 valence electrons. The largest absolute Gasteiger partial charge is 0.341 e. The highest BCUT2D eigenvalue weighted by Gasteiger charge is 2.23. The van der Waals surface area contributed by atoms with Crippen LogP contribution in [0.4, 0.5) is 0 Å². The summed E-state index contributed by atoms with van der Waals surface area (Å²) in [7, 11) is 6.15. The first-order valence-electron chi connectivity index (χ1n) is 8.37. The van der Waals surface area contributed by atoms with E-state index < -0.39 is 0 Å². The number of carbonyl (C=O) groups excluding carboxylic acids is 1. The van der Waals surface area contributed by atoms with Crippen LogP contribution < -0.4 is 0 Å². The van der Waals surface area contributed by atoms with Crippen LogP contribution in [0.3, 0.4) is 0 Å². The predicted octanol–water partition coefficient (Wildman–Crippen LogP) is 1.68. The van der Waals surface area contributed by atoms with Crippen molar-refractivity contribution in [2.24, 2.45) is 0 Å². The van der Waals surface area contributed by atoms with Gasteiger partial charge in [0, 0.05) is 39.1 Å². The number of likely N-dealkylation sites (N-methyl/N-ethyl adjacent to an activating group) is 2. The summed E-state index contributed by atoms with van der Waals surface area (Å²) in [5.74, 6) is 0.185. The van der Waals surface area contributed by atoms with E-state index >= 15 is 0 Å². The molecule has 6 nitrogen and oxygen atoms in total. The second-order valence-corrected chi connectivity index (χ2v) is 7.30. The van der Waals surface area contributed by atoms with Crippen LogP contribution in [-0.2, 0) is 11.3 Å². The molecule has 1 aliphatic heterocycles. The third kappa shape index (κ3) is 4.09. The highest BCUT2D eigenvalue weighted by atomic mass is 32.1. The van der Waals surface area contributed by atoms with Crippen LogP contribution in [0.25, 0.3) is 11.0 Å². The molecule has 1 aromatic carbocycles. The third-order valence-electron chi connectivity index (χ3n) is 4.83. The fourth-order valence-corrected chi connectivity index (χ4v) is 3.72. The van der Waals surface area contributed by atoms with E-state index in [4.69, 9.17) is 0 Å². The number of likely N-dealkylation sites (tertiary alicyclic amines) is 1. The molecular formula is C17H25N5OS. The standard InChI is InChI=1S/C17H25N5OS/c1-20-8-6-14(12-20)21(2)9-7-17(23)22(3)11-13-4-5-15-16(10-13)19-24-18-15/h4-5,10,14H,6-9,11-12H2,1-3H3/t14-/m1/s1. The zero-order chi connectivity index (χ0) is 17.1. The molecule has 1 atom stereocenters. The van der Waals surface area contributed by atoms with Crippen molar-refractivity contribution in [2.75, 3.05) is 40.8 Å². The van der Waals surface area contributed by atoms with Crippen molar-refractivity contribution in [1.82, 2.24) is 23.4 Å². The molecule has 2 aromatic rings. The summed E-state index contributed by atoms with van der Waals surface area (Å²) in [6, 6.07) is 6.58. The zero-order valence-electron chi connectivity index (χ0n) is 14.6. The Balaban J connectivity index is 1.49. The van der Waals surface area contributed by atoms with Gasteiger partial charge in [0.2, 0.25) is 5.91 Å². The normalized spacial score (nSPS) is 18.6. The monoisotopic (exact) mass is 347 g/mol. The number of rotatable bonds is 6. The SMILES string of the molecule is CN1CC[C@@H](N(C)CCC(=O)N(C)Cc2ccc3nsnc3c2)C1. The summed E-state index contributed by atoms with van der Waals surface area (Å²) in [5.41, 5.74) is 2.92. The maximum atomic E-state index is 12.4. The molecule has 7 heteroatoms. The van der Waals surface area contributed by atoms with Crippen molar-refractivity contribution in [1.29, 1.82) is 0 Å². The quantitative estimate of drug-likeness (QED) is 0.796. The molecule has 1 saturated heterocycles. The number of carbonyl (C=O) groups is 1. The van der Waals surface area contributed by atoms with E-state index in [0.29, 0.717) is 19.0 Å². The van der Waals surface area contributed by atoms with Crippen LogP contribution in [0.1, 0.15) is 18.4 Å². The average molecular weight is 347 g/mol. The second-order valence-electron chi connectivity index (χ2n) is 6.77. The molecule has 1 fully saturated rings. The van der Waals surface area contributed by atoms with Gasteiger partial charge in [0.25, 0.3) is 0 Å². The molecule has 1 aliphatic rings. The van der Waals surface area contributed by atoms with Gasteiger partial charge in [-0.05, 0) is 44.8 Å². The molecule has 0 unspecified atom stereocenters. The van der Waals surface area contributed by atoms with Crippen LogP contribution >= 0.6 is 11.7 Å². The van der Waals surface area contributed by atoms with E-state index in [2.05, 4.69) is 32.6 Å². The van der Waals surface area contributed by atoms with Gasteiger partial charge in [-0.2, -0.15) is 8.75 Å². The van der Waals surface area contributed by atoms with Crippen LogP contribution in [0.2, 0.25) is 0 Å². The van der Waals surface area contributed by atoms with Crippen LogP contribution in [0.15, 0.2) is 18.2 Å².